The van der Waals surface area contributed by atoms with Crippen molar-refractivity contribution in [1.82, 2.24) is 10.2 Å². The fraction of sp³-hybridized carbons (Fsp3) is 0.353. The molecule has 0 amide bonds. The van der Waals surface area contributed by atoms with Crippen molar-refractivity contribution >= 4 is 29.0 Å². The van der Waals surface area contributed by atoms with E-state index in [0.717, 1.165) is 54.8 Å². The molecule has 116 valence electrons. The number of thioether (sulfide) groups is 1. The fourth-order valence-corrected chi connectivity index (χ4v) is 3.35. The number of para-hydroxylation sites is 2. The maximum absolute atomic E-state index is 4.95. The van der Waals surface area contributed by atoms with Gasteiger partial charge in [0.15, 0.2) is 0 Å². The molecule has 0 unspecified atom stereocenters. The third-order valence-electron chi connectivity index (χ3n) is 3.77. The summed E-state index contributed by atoms with van der Waals surface area (Å²) in [7, 11) is 0. The number of amidine groups is 1. The van der Waals surface area contributed by atoms with Crippen LogP contribution in [0.15, 0.2) is 51.8 Å². The zero-order valence-electron chi connectivity index (χ0n) is 12.9. The van der Waals surface area contributed by atoms with Crippen LogP contribution in [0.1, 0.15) is 13.3 Å². The molecule has 0 radical (unpaired) electrons. The number of nitrogens with zero attached hydrogens (tertiary/aromatic N) is 2. The van der Waals surface area contributed by atoms with Crippen LogP contribution >= 0.6 is 11.8 Å². The van der Waals surface area contributed by atoms with E-state index in [4.69, 9.17) is 4.99 Å². The van der Waals surface area contributed by atoms with Gasteiger partial charge in [-0.05, 0) is 24.0 Å². The number of piperazine rings is 1. The Kier molecular flexibility index (Phi) is 4.85. The van der Waals surface area contributed by atoms with Gasteiger partial charge in [0.2, 0.25) is 0 Å². The van der Waals surface area contributed by atoms with E-state index in [9.17, 15) is 0 Å². The smallest absolute Gasteiger partial charge is 0.109 e. The van der Waals surface area contributed by atoms with Crippen molar-refractivity contribution in [1.29, 1.82) is 0 Å². The quantitative estimate of drug-likeness (QED) is 0.768. The van der Waals surface area contributed by atoms with Crippen LogP contribution in [-0.4, -0.2) is 36.9 Å². The van der Waals surface area contributed by atoms with Crippen molar-refractivity contribution < 1.29 is 0 Å². The maximum Gasteiger partial charge on any atom is 0.109 e. The van der Waals surface area contributed by atoms with Gasteiger partial charge in [0.25, 0.3) is 0 Å². The van der Waals surface area contributed by atoms with Crippen molar-refractivity contribution in [2.75, 3.05) is 31.5 Å². The lowest BCUT2D eigenvalue weighted by Gasteiger charge is -2.30. The maximum atomic E-state index is 4.95. The van der Waals surface area contributed by atoms with Gasteiger partial charge in [-0.1, -0.05) is 36.5 Å². The number of anilines is 1. The summed E-state index contributed by atoms with van der Waals surface area (Å²) < 4.78 is 0. The van der Waals surface area contributed by atoms with Crippen molar-refractivity contribution in [3.05, 3.63) is 46.9 Å². The van der Waals surface area contributed by atoms with Crippen LogP contribution in [0.5, 0.6) is 0 Å². The van der Waals surface area contributed by atoms with Crippen molar-refractivity contribution in [3.63, 3.8) is 0 Å². The topological polar surface area (TPSA) is 39.7 Å². The number of hydrogen-bond donors (Lipinski definition) is 2. The Morgan fingerprint density at radius 3 is 2.82 bits per heavy atom. The molecule has 0 spiro atoms. The van der Waals surface area contributed by atoms with E-state index < -0.39 is 0 Å². The highest BCUT2D eigenvalue weighted by atomic mass is 32.2. The van der Waals surface area contributed by atoms with E-state index >= 15 is 0 Å². The Hall–Kier alpha value is -1.72. The lowest BCUT2D eigenvalue weighted by Crippen LogP contribution is -2.46. The molecule has 22 heavy (non-hydrogen) atoms. The molecular weight excluding hydrogens is 292 g/mol. The minimum Gasteiger partial charge on any atom is -0.357 e. The first kappa shape index (κ1) is 15.2. The van der Waals surface area contributed by atoms with Crippen LogP contribution in [0.3, 0.4) is 0 Å². The highest BCUT2D eigenvalue weighted by Gasteiger charge is 2.15. The van der Waals surface area contributed by atoms with Gasteiger partial charge >= 0.3 is 0 Å². The van der Waals surface area contributed by atoms with Gasteiger partial charge in [0.05, 0.1) is 16.4 Å². The summed E-state index contributed by atoms with van der Waals surface area (Å²) in [6, 6.07) is 8.17. The van der Waals surface area contributed by atoms with Crippen LogP contribution in [0, 0.1) is 0 Å². The number of fused-ring (bicyclic) bond motifs is 1. The number of allylic oxidation sites excluding steroid dienone is 1. The average molecular weight is 314 g/mol. The van der Waals surface area contributed by atoms with E-state index in [2.05, 4.69) is 47.2 Å². The van der Waals surface area contributed by atoms with Gasteiger partial charge in [-0.15, -0.1) is 0 Å². The SMILES string of the molecule is C=C1Nc2ccccc2N=C(N2CCNCC2)C/C=C(/C)S1. The minimum absolute atomic E-state index is 0.862. The third-order valence-corrected chi connectivity index (χ3v) is 4.60. The molecule has 5 heteroatoms. The molecule has 2 aliphatic rings. The molecule has 1 aromatic carbocycles. The number of benzene rings is 1. The van der Waals surface area contributed by atoms with Crippen molar-refractivity contribution in [2.45, 2.75) is 13.3 Å². The second-order valence-corrected chi connectivity index (χ2v) is 6.79. The number of rotatable bonds is 0. The second kappa shape index (κ2) is 7.03. The van der Waals surface area contributed by atoms with Crippen LogP contribution in [0.2, 0.25) is 0 Å². The average Bonchev–Trinajstić information content (AvgIpc) is 2.53. The van der Waals surface area contributed by atoms with Crippen LogP contribution in [0.4, 0.5) is 11.4 Å². The zero-order chi connectivity index (χ0) is 15.4. The van der Waals surface area contributed by atoms with Crippen LogP contribution in [0.25, 0.3) is 0 Å². The summed E-state index contributed by atoms with van der Waals surface area (Å²) in [5.41, 5.74) is 1.99. The van der Waals surface area contributed by atoms with E-state index in [1.165, 1.54) is 4.91 Å². The van der Waals surface area contributed by atoms with E-state index in [1.807, 2.05) is 12.1 Å². The predicted octanol–water partition coefficient (Wildman–Crippen LogP) is 3.55. The summed E-state index contributed by atoms with van der Waals surface area (Å²) in [5, 5.41) is 7.70. The Balaban J connectivity index is 1.98. The zero-order valence-corrected chi connectivity index (χ0v) is 13.7. The Labute approximate surface area is 136 Å². The van der Waals surface area contributed by atoms with Gasteiger partial charge in [-0.25, -0.2) is 4.99 Å². The highest BCUT2D eigenvalue weighted by molar-refractivity contribution is 8.06. The first-order chi connectivity index (χ1) is 10.7. The molecule has 2 heterocycles. The predicted molar refractivity (Wildman–Crippen MR) is 96.7 cm³/mol. The third kappa shape index (κ3) is 3.72. The molecule has 0 bridgehead atoms. The minimum atomic E-state index is 0.862. The summed E-state index contributed by atoms with van der Waals surface area (Å²) in [4.78, 5) is 8.59. The van der Waals surface area contributed by atoms with E-state index in [-0.39, 0.29) is 0 Å². The Morgan fingerprint density at radius 2 is 2.00 bits per heavy atom. The summed E-state index contributed by atoms with van der Waals surface area (Å²) >= 11 is 1.68. The molecule has 2 N–H and O–H groups in total. The summed E-state index contributed by atoms with van der Waals surface area (Å²) in [5.74, 6) is 1.14. The molecule has 0 saturated carbocycles. The van der Waals surface area contributed by atoms with Gasteiger partial charge in [-0.3, -0.25) is 0 Å². The lowest BCUT2D eigenvalue weighted by atomic mass is 10.2. The molecule has 3 rings (SSSR count). The van der Waals surface area contributed by atoms with Crippen molar-refractivity contribution in [3.8, 4) is 0 Å². The van der Waals surface area contributed by atoms with Gasteiger partial charge in [0, 0.05) is 32.6 Å². The second-order valence-electron chi connectivity index (χ2n) is 5.45. The standard InChI is InChI=1S/C17H22N4S/c1-13-7-8-17(21-11-9-18-10-12-21)20-16-6-4-3-5-15(16)19-14(2)22-13/h3-7,18-19H,2,8-12H2,1H3/b13-7-,20-17?. The molecule has 1 saturated heterocycles. The van der Waals surface area contributed by atoms with Gasteiger partial charge < -0.3 is 15.5 Å². The normalized spacial score (nSPS) is 22.0. The molecule has 4 nitrogen and oxygen atoms in total. The number of hydrogen-bond acceptors (Lipinski definition) is 5. The fourth-order valence-electron chi connectivity index (χ4n) is 2.63. The lowest BCUT2D eigenvalue weighted by molar-refractivity contribution is 0.353. The van der Waals surface area contributed by atoms with Gasteiger partial charge in [-0.2, -0.15) is 0 Å². The molecule has 0 aromatic heterocycles. The molecule has 2 aliphatic heterocycles. The van der Waals surface area contributed by atoms with Crippen molar-refractivity contribution in [2.24, 2.45) is 4.99 Å². The molecule has 0 atom stereocenters. The number of aliphatic imine (C=N–C) groups is 1. The Bertz CT molecular complexity index is 615. The first-order valence-electron chi connectivity index (χ1n) is 7.65. The molecule has 1 fully saturated rings. The van der Waals surface area contributed by atoms with Gasteiger partial charge in [0.1, 0.15) is 5.84 Å². The van der Waals surface area contributed by atoms with Crippen LogP contribution in [-0.2, 0) is 0 Å². The first-order valence-corrected chi connectivity index (χ1v) is 8.47. The molecule has 1 aromatic rings. The Morgan fingerprint density at radius 1 is 1.23 bits per heavy atom. The summed E-state index contributed by atoms with van der Waals surface area (Å²) in [6.45, 7) is 10.3. The summed E-state index contributed by atoms with van der Waals surface area (Å²) in [6.07, 6.45) is 3.10. The molecule has 0 aliphatic carbocycles. The monoisotopic (exact) mass is 314 g/mol. The highest BCUT2D eigenvalue weighted by Crippen LogP contribution is 2.32. The number of nitrogens with one attached hydrogen (secondary N) is 2. The van der Waals surface area contributed by atoms with E-state index in [0.29, 0.717) is 0 Å². The largest absolute Gasteiger partial charge is 0.357 e. The van der Waals surface area contributed by atoms with E-state index in [1.54, 1.807) is 11.8 Å². The van der Waals surface area contributed by atoms with Crippen LogP contribution < -0.4 is 10.6 Å². The molecular formula is C17H22N4S.